The average molecular weight is 700 g/mol. The van der Waals surface area contributed by atoms with Crippen molar-refractivity contribution in [1.82, 2.24) is 39.0 Å². The normalized spacial score (nSPS) is 37.1. The van der Waals surface area contributed by atoms with Gasteiger partial charge in [0, 0.05) is 7.11 Å². The lowest BCUT2D eigenvalue weighted by Crippen LogP contribution is -2.37. The number of nitrogens with one attached hydrogen (secondary N) is 1. The zero-order valence-electron chi connectivity index (χ0n) is 23.4. The van der Waals surface area contributed by atoms with E-state index in [9.17, 15) is 14.3 Å². The fraction of sp³-hybridized carbons (Fsp3) is 0.524. The fourth-order valence-electron chi connectivity index (χ4n) is 5.56. The Morgan fingerprint density at radius 1 is 1.04 bits per heavy atom. The minimum absolute atomic E-state index is 0.00190. The molecule has 4 aromatic heterocycles. The third-order valence-corrected chi connectivity index (χ3v) is 10.2. The Labute approximate surface area is 263 Å². The molecule has 6 N–H and O–H groups in total. The molecular formula is C21H24BFN10O10P2S. The summed E-state index contributed by atoms with van der Waals surface area (Å²) < 4.78 is 72.3. The quantitative estimate of drug-likeness (QED) is 0.156. The molecule has 3 fully saturated rings. The van der Waals surface area contributed by atoms with Crippen LogP contribution in [0.3, 0.4) is 0 Å². The number of rotatable bonds is 3. The molecule has 3 aliphatic heterocycles. The van der Waals surface area contributed by atoms with E-state index < -0.39 is 82.1 Å². The topological polar surface area (TPSA) is 261 Å². The van der Waals surface area contributed by atoms with E-state index in [1.165, 1.54) is 35.2 Å². The Morgan fingerprint density at radius 3 is 2.50 bits per heavy atom. The number of nitrogens with zero attached hydrogens (tertiary/aromatic N) is 7. The van der Waals surface area contributed by atoms with Gasteiger partial charge in [-0.15, -0.1) is 0 Å². The highest BCUT2D eigenvalue weighted by atomic mass is 32.5. The van der Waals surface area contributed by atoms with Gasteiger partial charge in [-0.2, -0.15) is 4.98 Å². The van der Waals surface area contributed by atoms with Crippen LogP contribution in [-0.4, -0.2) is 109 Å². The number of H-pyrrole nitrogens is 1. The van der Waals surface area contributed by atoms with Crippen LogP contribution in [0, 0.1) is 0 Å². The maximum atomic E-state index is 16.1. The van der Waals surface area contributed by atoms with Crippen molar-refractivity contribution in [2.75, 3.05) is 31.8 Å². The van der Waals surface area contributed by atoms with Crippen molar-refractivity contribution in [3.05, 3.63) is 29.3 Å². The van der Waals surface area contributed by atoms with E-state index in [1.807, 2.05) is 0 Å². The van der Waals surface area contributed by atoms with Crippen LogP contribution >= 0.6 is 14.2 Å². The van der Waals surface area contributed by atoms with Crippen molar-refractivity contribution >= 4 is 67.7 Å². The van der Waals surface area contributed by atoms with E-state index in [-0.39, 0.29) is 34.1 Å². The number of fused-ring (bicyclic) bond motifs is 5. The minimum atomic E-state index is -4.54. The molecule has 2 radical (unpaired) electrons. The number of hydrogen-bond acceptors (Lipinski definition) is 17. The largest absolute Gasteiger partial charge is 0.382 e. The lowest BCUT2D eigenvalue weighted by molar-refractivity contribution is -0.0594. The summed E-state index contributed by atoms with van der Waals surface area (Å²) in [5, 5.41) is 0. The number of halogens is 1. The Bertz CT molecular complexity index is 1970. The van der Waals surface area contributed by atoms with Gasteiger partial charge in [-0.25, -0.2) is 24.3 Å². The predicted octanol–water partition coefficient (Wildman–Crippen LogP) is -0.418. The van der Waals surface area contributed by atoms with Crippen molar-refractivity contribution in [2.45, 2.75) is 49.1 Å². The van der Waals surface area contributed by atoms with Gasteiger partial charge in [0.2, 0.25) is 13.5 Å². The molecule has 25 heteroatoms. The summed E-state index contributed by atoms with van der Waals surface area (Å²) in [6.07, 6.45) is -7.46. The second kappa shape index (κ2) is 11.6. The number of alkyl halides is 1. The second-order valence-electron chi connectivity index (χ2n) is 10.4. The zero-order chi connectivity index (χ0) is 32.5. The number of nitrogens with two attached hydrogens (primary N) is 2. The molecule has 3 aliphatic rings. The SMILES string of the molecule is [B][P@]1(=O)OCC2OC(n3cnc4c(N)ncnc43)C(F)C2OP(O)(=S)OCC2OC(n3cnc4c(=O)[nH]c(N)nc43)C(O1)C2OC. The van der Waals surface area contributed by atoms with Gasteiger partial charge in [0.1, 0.15) is 42.4 Å². The molecule has 3 saturated heterocycles. The van der Waals surface area contributed by atoms with Crippen LogP contribution in [0.1, 0.15) is 12.5 Å². The number of aromatic nitrogens is 8. The molecule has 244 valence electrons. The Morgan fingerprint density at radius 2 is 1.74 bits per heavy atom. The first-order valence-corrected chi connectivity index (χ1v) is 17.6. The van der Waals surface area contributed by atoms with E-state index in [0.717, 1.165) is 0 Å². The summed E-state index contributed by atoms with van der Waals surface area (Å²) in [4.78, 5) is 46.0. The van der Waals surface area contributed by atoms with Crippen LogP contribution in [-0.2, 0) is 48.7 Å². The Kier molecular flexibility index (Phi) is 8.00. The Balaban J connectivity index is 1.22. The van der Waals surface area contributed by atoms with E-state index in [0.29, 0.717) is 0 Å². The maximum absolute atomic E-state index is 16.1. The van der Waals surface area contributed by atoms with Crippen LogP contribution in [0.15, 0.2) is 23.8 Å². The molecule has 7 rings (SSSR count). The number of ether oxygens (including phenoxy) is 3. The highest BCUT2D eigenvalue weighted by molar-refractivity contribution is 8.07. The molecule has 46 heavy (non-hydrogen) atoms. The van der Waals surface area contributed by atoms with Crippen LogP contribution in [0.4, 0.5) is 16.2 Å². The molecule has 4 aromatic rings. The third kappa shape index (κ3) is 5.54. The van der Waals surface area contributed by atoms with Crippen LogP contribution in [0.2, 0.25) is 0 Å². The monoisotopic (exact) mass is 700 g/mol. The zero-order valence-corrected chi connectivity index (χ0v) is 26.0. The first-order valence-electron chi connectivity index (χ1n) is 13.4. The first kappa shape index (κ1) is 31.6. The molecule has 0 amide bonds. The van der Waals surface area contributed by atoms with E-state index in [1.54, 1.807) is 0 Å². The summed E-state index contributed by atoms with van der Waals surface area (Å²) in [6.45, 7) is -5.36. The molecule has 20 nitrogen and oxygen atoms in total. The Hall–Kier alpha value is -2.95. The average Bonchev–Trinajstić information content (AvgIpc) is 3.75. The summed E-state index contributed by atoms with van der Waals surface area (Å²) in [6, 6.07) is 0. The van der Waals surface area contributed by atoms with Crippen LogP contribution in [0.5, 0.6) is 0 Å². The van der Waals surface area contributed by atoms with Gasteiger partial charge in [-0.05, 0) is 11.8 Å². The molecule has 0 aromatic carbocycles. The third-order valence-electron chi connectivity index (χ3n) is 7.55. The second-order valence-corrected chi connectivity index (χ2v) is 14.7. The summed E-state index contributed by atoms with van der Waals surface area (Å²) in [5.74, 6) is -0.153. The van der Waals surface area contributed by atoms with Gasteiger partial charge in [0.15, 0.2) is 41.3 Å². The highest BCUT2D eigenvalue weighted by Gasteiger charge is 2.53. The molecule has 0 saturated carbocycles. The number of nitrogen functional groups attached to an aromatic ring is 2. The van der Waals surface area contributed by atoms with Crippen molar-refractivity contribution < 1.29 is 46.2 Å². The van der Waals surface area contributed by atoms with E-state index >= 15 is 4.39 Å². The van der Waals surface area contributed by atoms with Gasteiger partial charge < -0.3 is 44.1 Å². The molecule has 0 spiro atoms. The fourth-order valence-corrected chi connectivity index (χ4v) is 7.97. The molecule has 2 bridgehead atoms. The van der Waals surface area contributed by atoms with Crippen molar-refractivity contribution in [3.8, 4) is 0 Å². The van der Waals surface area contributed by atoms with Crippen LogP contribution < -0.4 is 17.0 Å². The number of aromatic amines is 1. The van der Waals surface area contributed by atoms with Crippen molar-refractivity contribution in [2.24, 2.45) is 0 Å². The van der Waals surface area contributed by atoms with Gasteiger partial charge in [0.05, 0.1) is 25.9 Å². The van der Waals surface area contributed by atoms with E-state index in [2.05, 4.69) is 29.9 Å². The predicted molar refractivity (Wildman–Crippen MR) is 157 cm³/mol. The number of anilines is 2. The van der Waals surface area contributed by atoms with Crippen molar-refractivity contribution in [3.63, 3.8) is 0 Å². The summed E-state index contributed by atoms with van der Waals surface area (Å²) in [5.41, 5.74) is 11.2. The standard InChI is InChI=1S/C21H24BFN10O10P2S/c1-37-13-8-3-39-45(36,46)43-12-7(40-19(9(12)23)32-5-28-10-15(24)26-4-27-16(10)32)2-38-44(22,35)42-14(13)20(41-8)33-6-29-11-17(33)30-21(25)31-18(11)34/h4-9,12-14,19-20H,2-3H2,1H3,(H,36,46)(H2,24,26,27)(H3,25,30,31,34)/t7?,8?,9?,12?,13?,14?,19?,20?,44-,45?/m0/s1. The van der Waals surface area contributed by atoms with Gasteiger partial charge in [0.25, 0.3) is 13.0 Å². The van der Waals surface area contributed by atoms with Gasteiger partial charge in [-0.3, -0.25) is 28.0 Å². The summed E-state index contributed by atoms with van der Waals surface area (Å²) >= 11 is 5.22. The highest BCUT2D eigenvalue weighted by Crippen LogP contribution is 2.54. The first-order chi connectivity index (χ1) is 21.9. The van der Waals surface area contributed by atoms with Gasteiger partial charge >= 0.3 is 6.72 Å². The van der Waals surface area contributed by atoms with Crippen molar-refractivity contribution in [1.29, 1.82) is 0 Å². The molecule has 9 unspecified atom stereocenters. The molecule has 0 aliphatic carbocycles. The molecule has 10 atom stereocenters. The summed E-state index contributed by atoms with van der Waals surface area (Å²) in [7, 11) is 2.79. The minimum Gasteiger partial charge on any atom is -0.382 e. The van der Waals surface area contributed by atoms with Crippen LogP contribution in [0.25, 0.3) is 22.3 Å². The molecule has 7 heterocycles. The maximum Gasteiger partial charge on any atom is 0.325 e. The number of methoxy groups -OCH3 is 1. The lowest BCUT2D eigenvalue weighted by atomic mass is 10.1. The number of hydrogen-bond donors (Lipinski definition) is 4. The molecular weight excluding hydrogens is 676 g/mol. The lowest BCUT2D eigenvalue weighted by Gasteiger charge is -2.28. The van der Waals surface area contributed by atoms with Gasteiger partial charge in [-0.1, -0.05) is 0 Å². The number of imidazole rings is 2. The van der Waals surface area contributed by atoms with E-state index in [4.69, 9.17) is 63.1 Å². The smallest absolute Gasteiger partial charge is 0.325 e.